The molecule has 0 saturated heterocycles. The quantitative estimate of drug-likeness (QED) is 0.871. The van der Waals surface area contributed by atoms with Gasteiger partial charge >= 0.3 is 0 Å². The Hall–Kier alpha value is -2.36. The van der Waals surface area contributed by atoms with Crippen molar-refractivity contribution in [3.8, 4) is 0 Å². The zero-order chi connectivity index (χ0) is 16.3. The fourth-order valence-corrected chi connectivity index (χ4v) is 2.59. The summed E-state index contributed by atoms with van der Waals surface area (Å²) in [4.78, 5) is 27.1. The molecule has 22 heavy (non-hydrogen) atoms. The second-order valence-electron chi connectivity index (χ2n) is 5.68. The Morgan fingerprint density at radius 3 is 2.32 bits per heavy atom. The molecule has 0 N–H and O–H groups in total. The highest BCUT2D eigenvalue weighted by Crippen LogP contribution is 2.28. The van der Waals surface area contributed by atoms with E-state index in [1.54, 1.807) is 19.0 Å². The van der Waals surface area contributed by atoms with Gasteiger partial charge in [0.2, 0.25) is 11.8 Å². The molecule has 0 aliphatic carbocycles. The molecule has 4 nitrogen and oxygen atoms in total. The number of amides is 2. The lowest BCUT2D eigenvalue weighted by atomic mass is 9.98. The van der Waals surface area contributed by atoms with Crippen LogP contribution in [0.3, 0.4) is 0 Å². The summed E-state index contributed by atoms with van der Waals surface area (Å²) in [5.74, 6) is -0.182. The van der Waals surface area contributed by atoms with Gasteiger partial charge in [-0.15, -0.1) is 0 Å². The molecule has 1 atom stereocenters. The highest BCUT2D eigenvalue weighted by molar-refractivity contribution is 5.88. The minimum Gasteiger partial charge on any atom is -0.347 e. The van der Waals surface area contributed by atoms with E-state index in [9.17, 15) is 9.59 Å². The minimum atomic E-state index is -0.160. The molecule has 4 heteroatoms. The monoisotopic (exact) mass is 298 g/mol. The summed E-state index contributed by atoms with van der Waals surface area (Å²) in [6, 6.07) is 14.0. The molecule has 2 amide bonds. The number of rotatable bonds is 4. The molecule has 2 aromatic rings. The van der Waals surface area contributed by atoms with E-state index in [0.717, 1.165) is 16.3 Å². The minimum absolute atomic E-state index is 0.0812. The predicted molar refractivity (Wildman–Crippen MR) is 88.4 cm³/mol. The van der Waals surface area contributed by atoms with Gasteiger partial charge in [0, 0.05) is 21.0 Å². The molecule has 2 aromatic carbocycles. The van der Waals surface area contributed by atoms with Crippen LogP contribution in [0.15, 0.2) is 42.5 Å². The molecule has 2 rings (SSSR count). The Labute approximate surface area is 131 Å². The summed E-state index contributed by atoms with van der Waals surface area (Å²) in [6.45, 7) is 3.56. The molecule has 0 fully saturated rings. The molecular formula is C18H22N2O2. The maximum Gasteiger partial charge on any atom is 0.241 e. The Morgan fingerprint density at radius 2 is 1.68 bits per heavy atom. The average molecular weight is 298 g/mol. The number of benzene rings is 2. The smallest absolute Gasteiger partial charge is 0.241 e. The van der Waals surface area contributed by atoms with Crippen LogP contribution in [0, 0.1) is 0 Å². The van der Waals surface area contributed by atoms with Crippen LogP contribution in [0.5, 0.6) is 0 Å². The molecule has 0 aliphatic heterocycles. The van der Waals surface area contributed by atoms with Gasteiger partial charge < -0.3 is 9.80 Å². The molecule has 0 heterocycles. The van der Waals surface area contributed by atoms with E-state index in [2.05, 4.69) is 12.1 Å². The summed E-state index contributed by atoms with van der Waals surface area (Å²) < 4.78 is 0. The normalized spacial score (nSPS) is 12.0. The Kier molecular flexibility index (Phi) is 4.81. The molecule has 1 unspecified atom stereocenters. The molecular weight excluding hydrogens is 276 g/mol. The Bertz CT molecular complexity index is 689. The summed E-state index contributed by atoms with van der Waals surface area (Å²) in [5, 5.41) is 2.25. The van der Waals surface area contributed by atoms with Crippen LogP contribution in [0.1, 0.15) is 25.5 Å². The number of carbonyl (C=O) groups is 2. The van der Waals surface area contributed by atoms with Crippen LogP contribution in [0.2, 0.25) is 0 Å². The standard InChI is InChI=1S/C18H22N2O2/c1-13(20(14(2)21)12-18(22)19(3)4)16-11-7-9-15-8-5-6-10-17(15)16/h5-11,13H,12H2,1-4H3. The van der Waals surface area contributed by atoms with Gasteiger partial charge in [-0.25, -0.2) is 0 Å². The fourth-order valence-electron chi connectivity index (χ4n) is 2.59. The number of hydrogen-bond acceptors (Lipinski definition) is 2. The van der Waals surface area contributed by atoms with E-state index in [-0.39, 0.29) is 24.4 Å². The highest BCUT2D eigenvalue weighted by Gasteiger charge is 2.23. The predicted octanol–water partition coefficient (Wildman–Crippen LogP) is 2.84. The third-order valence-electron chi connectivity index (χ3n) is 3.95. The maximum absolute atomic E-state index is 12.0. The largest absolute Gasteiger partial charge is 0.347 e. The van der Waals surface area contributed by atoms with Gasteiger partial charge in [0.25, 0.3) is 0 Å². The number of likely N-dealkylation sites (N-methyl/N-ethyl adjacent to an activating group) is 1. The SMILES string of the molecule is CC(=O)N(CC(=O)N(C)C)C(C)c1cccc2ccccc12. The van der Waals surface area contributed by atoms with Crippen molar-refractivity contribution in [2.45, 2.75) is 19.9 Å². The van der Waals surface area contributed by atoms with Gasteiger partial charge in [-0.2, -0.15) is 0 Å². The van der Waals surface area contributed by atoms with Crippen LogP contribution in [-0.4, -0.2) is 42.3 Å². The van der Waals surface area contributed by atoms with Crippen LogP contribution in [0.25, 0.3) is 10.8 Å². The van der Waals surface area contributed by atoms with Gasteiger partial charge in [-0.1, -0.05) is 42.5 Å². The summed E-state index contributed by atoms with van der Waals surface area (Å²) in [7, 11) is 3.40. The fraction of sp³-hybridized carbons (Fsp3) is 0.333. The first-order valence-corrected chi connectivity index (χ1v) is 7.37. The molecule has 0 saturated carbocycles. The van der Waals surface area contributed by atoms with Gasteiger partial charge in [-0.05, 0) is 23.3 Å². The third kappa shape index (κ3) is 3.27. The molecule has 0 spiro atoms. The maximum atomic E-state index is 12.0. The Balaban J connectivity index is 2.39. The van der Waals surface area contributed by atoms with E-state index in [0.29, 0.717) is 0 Å². The molecule has 0 aliphatic rings. The van der Waals surface area contributed by atoms with Gasteiger partial charge in [0.1, 0.15) is 6.54 Å². The molecule has 0 aromatic heterocycles. The second kappa shape index (κ2) is 6.60. The first kappa shape index (κ1) is 16.0. The highest BCUT2D eigenvalue weighted by atomic mass is 16.2. The van der Waals surface area contributed by atoms with Crippen molar-refractivity contribution in [3.05, 3.63) is 48.0 Å². The number of nitrogens with zero attached hydrogens (tertiary/aromatic N) is 2. The topological polar surface area (TPSA) is 40.6 Å². The first-order valence-electron chi connectivity index (χ1n) is 7.37. The summed E-state index contributed by atoms with van der Waals surface area (Å²) >= 11 is 0. The van der Waals surface area contributed by atoms with E-state index in [1.165, 1.54) is 11.8 Å². The van der Waals surface area contributed by atoms with Crippen LogP contribution in [-0.2, 0) is 9.59 Å². The first-order chi connectivity index (χ1) is 10.4. The number of fused-ring (bicyclic) bond motifs is 1. The van der Waals surface area contributed by atoms with Crippen LogP contribution >= 0.6 is 0 Å². The summed E-state index contributed by atoms with van der Waals surface area (Å²) in [6.07, 6.45) is 0. The van der Waals surface area contributed by atoms with Crippen molar-refractivity contribution in [2.24, 2.45) is 0 Å². The van der Waals surface area contributed by atoms with E-state index in [4.69, 9.17) is 0 Å². The van der Waals surface area contributed by atoms with Gasteiger partial charge in [0.15, 0.2) is 0 Å². The second-order valence-corrected chi connectivity index (χ2v) is 5.68. The average Bonchev–Trinajstić information content (AvgIpc) is 2.50. The van der Waals surface area contributed by atoms with Crippen molar-refractivity contribution in [1.29, 1.82) is 0 Å². The van der Waals surface area contributed by atoms with Crippen molar-refractivity contribution in [1.82, 2.24) is 9.80 Å². The third-order valence-corrected chi connectivity index (χ3v) is 3.95. The van der Waals surface area contributed by atoms with E-state index < -0.39 is 0 Å². The zero-order valence-electron chi connectivity index (χ0n) is 13.5. The molecule has 0 bridgehead atoms. The van der Waals surface area contributed by atoms with Crippen LogP contribution < -0.4 is 0 Å². The van der Waals surface area contributed by atoms with Crippen molar-refractivity contribution in [3.63, 3.8) is 0 Å². The Morgan fingerprint density at radius 1 is 1.05 bits per heavy atom. The van der Waals surface area contributed by atoms with Crippen molar-refractivity contribution in [2.75, 3.05) is 20.6 Å². The zero-order valence-corrected chi connectivity index (χ0v) is 13.5. The molecule has 0 radical (unpaired) electrons. The molecule has 116 valence electrons. The summed E-state index contributed by atoms with van der Waals surface area (Å²) in [5.41, 5.74) is 1.06. The van der Waals surface area contributed by atoms with E-state index in [1.807, 2.05) is 37.3 Å². The van der Waals surface area contributed by atoms with E-state index >= 15 is 0 Å². The lowest BCUT2D eigenvalue weighted by molar-refractivity contribution is -0.139. The van der Waals surface area contributed by atoms with Gasteiger partial charge in [0.05, 0.1) is 6.04 Å². The lowest BCUT2D eigenvalue weighted by Gasteiger charge is -2.29. The number of hydrogen-bond donors (Lipinski definition) is 0. The number of carbonyl (C=O) groups excluding carboxylic acids is 2. The lowest BCUT2D eigenvalue weighted by Crippen LogP contribution is -2.40. The van der Waals surface area contributed by atoms with Crippen LogP contribution in [0.4, 0.5) is 0 Å². The van der Waals surface area contributed by atoms with Crippen molar-refractivity contribution < 1.29 is 9.59 Å². The van der Waals surface area contributed by atoms with Gasteiger partial charge in [-0.3, -0.25) is 9.59 Å². The van der Waals surface area contributed by atoms with Crippen molar-refractivity contribution >= 4 is 22.6 Å².